The summed E-state index contributed by atoms with van der Waals surface area (Å²) in [7, 11) is 0. The number of hydrogen-bond donors (Lipinski definition) is 3. The van der Waals surface area contributed by atoms with Crippen LogP contribution in [-0.4, -0.2) is 40.6 Å². The van der Waals surface area contributed by atoms with Gasteiger partial charge < -0.3 is 10.1 Å². The van der Waals surface area contributed by atoms with Gasteiger partial charge in [-0.15, -0.1) is 0 Å². The summed E-state index contributed by atoms with van der Waals surface area (Å²) in [6, 6.07) is 8.60. The second-order valence-electron chi connectivity index (χ2n) is 7.68. The second kappa shape index (κ2) is 8.24. The van der Waals surface area contributed by atoms with Crippen LogP contribution in [0.25, 0.3) is 11.4 Å². The van der Waals surface area contributed by atoms with Gasteiger partial charge in [0.25, 0.3) is 0 Å². The van der Waals surface area contributed by atoms with Crippen molar-refractivity contribution in [1.29, 1.82) is 0 Å². The number of nitrogens with zero attached hydrogens (tertiary/aromatic N) is 2. The van der Waals surface area contributed by atoms with Crippen molar-refractivity contribution in [2.24, 2.45) is 5.92 Å². The number of carbonyl (C=O) groups excluding carboxylic acids is 1. The van der Waals surface area contributed by atoms with E-state index in [0.29, 0.717) is 36.8 Å². The van der Waals surface area contributed by atoms with Gasteiger partial charge in [0.05, 0.1) is 12.1 Å². The average Bonchev–Trinajstić information content (AvgIpc) is 3.28. The molecular weight excluding hydrogens is 354 g/mol. The van der Waals surface area contributed by atoms with Crippen molar-refractivity contribution in [3.05, 3.63) is 42.2 Å². The number of carbonyl (C=O) groups is 1. The lowest BCUT2D eigenvalue weighted by molar-refractivity contribution is -0.121. The van der Waals surface area contributed by atoms with Crippen LogP contribution >= 0.6 is 0 Å². The fourth-order valence-electron chi connectivity index (χ4n) is 4.09. The van der Waals surface area contributed by atoms with E-state index in [1.807, 2.05) is 12.1 Å². The van der Waals surface area contributed by atoms with E-state index < -0.39 is 0 Å². The van der Waals surface area contributed by atoms with Crippen LogP contribution in [0.2, 0.25) is 0 Å². The van der Waals surface area contributed by atoms with Gasteiger partial charge in [-0.2, -0.15) is 0 Å². The molecule has 7 heteroatoms. The standard InChI is InChI=1S/C21H27N5O2/c1-13-17(14(2)26-25-13)7-8-19(27)24-12-16-11-15-5-3-6-18(20(15)28-16)21-22-9-4-10-23-21/h3-6,9-10,13-14,16-17,25-26H,7-8,11-12H2,1-2H3,(H,24,27). The molecule has 1 amide bonds. The molecule has 4 rings (SSSR count). The Bertz CT molecular complexity index is 819. The van der Waals surface area contributed by atoms with E-state index in [0.717, 1.165) is 29.7 Å². The van der Waals surface area contributed by atoms with Gasteiger partial charge in [0.2, 0.25) is 5.91 Å². The molecule has 2 aliphatic heterocycles. The summed E-state index contributed by atoms with van der Waals surface area (Å²) < 4.78 is 6.14. The van der Waals surface area contributed by atoms with Crippen molar-refractivity contribution >= 4 is 5.91 Å². The summed E-state index contributed by atoms with van der Waals surface area (Å²) >= 11 is 0. The molecule has 2 aliphatic rings. The van der Waals surface area contributed by atoms with Crippen molar-refractivity contribution in [1.82, 2.24) is 26.1 Å². The summed E-state index contributed by atoms with van der Waals surface area (Å²) in [5, 5.41) is 3.04. The number of aromatic nitrogens is 2. The Morgan fingerprint density at radius 2 is 1.93 bits per heavy atom. The van der Waals surface area contributed by atoms with Gasteiger partial charge in [-0.25, -0.2) is 9.97 Å². The summed E-state index contributed by atoms with van der Waals surface area (Å²) in [4.78, 5) is 21.0. The third-order valence-corrected chi connectivity index (χ3v) is 5.69. The first-order valence-corrected chi connectivity index (χ1v) is 9.95. The van der Waals surface area contributed by atoms with Crippen LogP contribution in [0.4, 0.5) is 0 Å². The highest BCUT2D eigenvalue weighted by molar-refractivity contribution is 5.76. The first-order chi connectivity index (χ1) is 13.6. The SMILES string of the molecule is CC1NNC(C)C1CCC(=O)NCC1Cc2cccc(-c3ncccn3)c2O1. The van der Waals surface area contributed by atoms with Gasteiger partial charge in [-0.1, -0.05) is 12.1 Å². The lowest BCUT2D eigenvalue weighted by atomic mass is 9.91. The van der Waals surface area contributed by atoms with Crippen LogP contribution in [0, 0.1) is 5.92 Å². The molecule has 0 spiro atoms. The first kappa shape index (κ1) is 18.8. The minimum absolute atomic E-state index is 0.0588. The molecule has 0 aliphatic carbocycles. The molecule has 3 atom stereocenters. The van der Waals surface area contributed by atoms with Gasteiger partial charge in [-0.3, -0.25) is 15.6 Å². The number of hydrogen-bond acceptors (Lipinski definition) is 6. The molecular formula is C21H27N5O2. The topological polar surface area (TPSA) is 88.2 Å². The van der Waals surface area contributed by atoms with E-state index in [4.69, 9.17) is 4.74 Å². The van der Waals surface area contributed by atoms with E-state index in [1.165, 1.54) is 0 Å². The largest absolute Gasteiger partial charge is 0.487 e. The molecule has 7 nitrogen and oxygen atoms in total. The first-order valence-electron chi connectivity index (χ1n) is 9.95. The van der Waals surface area contributed by atoms with Crippen molar-refractivity contribution in [3.63, 3.8) is 0 Å². The molecule has 1 aromatic carbocycles. The van der Waals surface area contributed by atoms with Crippen molar-refractivity contribution in [3.8, 4) is 17.1 Å². The molecule has 1 saturated heterocycles. The molecule has 3 heterocycles. The zero-order valence-electron chi connectivity index (χ0n) is 16.3. The minimum Gasteiger partial charge on any atom is -0.487 e. The zero-order chi connectivity index (χ0) is 19.5. The molecule has 3 N–H and O–H groups in total. The summed E-state index contributed by atoms with van der Waals surface area (Å²) in [6.07, 6.45) is 5.58. The Morgan fingerprint density at radius 3 is 2.68 bits per heavy atom. The van der Waals surface area contributed by atoms with Crippen LogP contribution in [0.15, 0.2) is 36.7 Å². The predicted octanol–water partition coefficient (Wildman–Crippen LogP) is 1.84. The van der Waals surface area contributed by atoms with Crippen LogP contribution in [0.5, 0.6) is 5.75 Å². The monoisotopic (exact) mass is 381 g/mol. The molecule has 28 heavy (non-hydrogen) atoms. The van der Waals surface area contributed by atoms with Crippen LogP contribution in [0.3, 0.4) is 0 Å². The summed E-state index contributed by atoms with van der Waals surface area (Å²) in [5.74, 6) is 2.04. The number of hydrazine groups is 1. The van der Waals surface area contributed by atoms with Crippen LogP contribution in [0.1, 0.15) is 32.3 Å². The quantitative estimate of drug-likeness (QED) is 0.708. The molecule has 3 unspecified atom stereocenters. The Balaban J connectivity index is 1.30. The second-order valence-corrected chi connectivity index (χ2v) is 7.68. The summed E-state index contributed by atoms with van der Waals surface area (Å²) in [5.41, 5.74) is 8.51. The van der Waals surface area contributed by atoms with E-state index in [9.17, 15) is 4.79 Å². The van der Waals surface area contributed by atoms with E-state index in [1.54, 1.807) is 18.5 Å². The fourth-order valence-corrected chi connectivity index (χ4v) is 4.09. The van der Waals surface area contributed by atoms with Gasteiger partial charge in [0.1, 0.15) is 11.9 Å². The van der Waals surface area contributed by atoms with Gasteiger partial charge in [0, 0.05) is 37.3 Å². The Morgan fingerprint density at radius 1 is 1.18 bits per heavy atom. The number of amides is 1. The highest BCUT2D eigenvalue weighted by Crippen LogP contribution is 2.37. The van der Waals surface area contributed by atoms with Crippen molar-refractivity contribution in [2.45, 2.75) is 51.3 Å². The number of fused-ring (bicyclic) bond motifs is 1. The van der Waals surface area contributed by atoms with Crippen LogP contribution in [-0.2, 0) is 11.2 Å². The van der Waals surface area contributed by atoms with Gasteiger partial charge in [-0.05, 0) is 43.9 Å². The molecule has 148 valence electrons. The third-order valence-electron chi connectivity index (χ3n) is 5.69. The molecule has 0 saturated carbocycles. The lowest BCUT2D eigenvalue weighted by Crippen LogP contribution is -2.35. The number of ether oxygens (including phenoxy) is 1. The molecule has 1 fully saturated rings. The molecule has 0 bridgehead atoms. The van der Waals surface area contributed by atoms with E-state index in [-0.39, 0.29) is 12.0 Å². The van der Waals surface area contributed by atoms with Crippen molar-refractivity contribution in [2.75, 3.05) is 6.54 Å². The van der Waals surface area contributed by atoms with Gasteiger partial charge in [0.15, 0.2) is 5.82 Å². The highest BCUT2D eigenvalue weighted by atomic mass is 16.5. The third kappa shape index (κ3) is 4.00. The summed E-state index contributed by atoms with van der Waals surface area (Å²) in [6.45, 7) is 4.81. The predicted molar refractivity (Wildman–Crippen MR) is 107 cm³/mol. The molecule has 1 aromatic heterocycles. The smallest absolute Gasteiger partial charge is 0.220 e. The van der Waals surface area contributed by atoms with Crippen LogP contribution < -0.4 is 20.9 Å². The maximum atomic E-state index is 12.3. The van der Waals surface area contributed by atoms with Crippen molar-refractivity contribution < 1.29 is 9.53 Å². The zero-order valence-corrected chi connectivity index (χ0v) is 16.3. The Kier molecular flexibility index (Phi) is 5.54. The normalized spacial score (nSPS) is 25.9. The molecule has 0 radical (unpaired) electrons. The van der Waals surface area contributed by atoms with E-state index in [2.05, 4.69) is 46.1 Å². The van der Waals surface area contributed by atoms with Gasteiger partial charge >= 0.3 is 0 Å². The number of para-hydroxylation sites is 1. The average molecular weight is 381 g/mol. The number of rotatable bonds is 6. The number of nitrogens with one attached hydrogen (secondary N) is 3. The Labute approximate surface area is 165 Å². The maximum absolute atomic E-state index is 12.3. The maximum Gasteiger partial charge on any atom is 0.220 e. The minimum atomic E-state index is -0.0588. The van der Waals surface area contributed by atoms with E-state index >= 15 is 0 Å². The Hall–Kier alpha value is -2.51. The molecule has 2 aromatic rings. The number of benzene rings is 1. The fraction of sp³-hybridized carbons (Fsp3) is 0.476. The lowest BCUT2D eigenvalue weighted by Gasteiger charge is -2.18. The highest BCUT2D eigenvalue weighted by Gasteiger charge is 2.30.